The van der Waals surface area contributed by atoms with Crippen molar-refractivity contribution < 1.29 is 29.3 Å². The molecule has 0 radical (unpaired) electrons. The second-order valence-corrected chi connectivity index (χ2v) is 21.0. The fourth-order valence-electron chi connectivity index (χ4n) is 10.5. The highest BCUT2D eigenvalue weighted by Gasteiger charge is 2.44. The van der Waals surface area contributed by atoms with Crippen molar-refractivity contribution in [1.82, 2.24) is 15.5 Å². The summed E-state index contributed by atoms with van der Waals surface area (Å²) in [6.45, 7) is 3.32. The van der Waals surface area contributed by atoms with Crippen molar-refractivity contribution >= 4 is 39.4 Å². The van der Waals surface area contributed by atoms with Crippen LogP contribution in [0.3, 0.4) is 0 Å². The normalized spacial score (nSPS) is 30.0. The van der Waals surface area contributed by atoms with Crippen LogP contribution in [0.5, 0.6) is 11.5 Å². The van der Waals surface area contributed by atoms with Crippen LogP contribution in [0.15, 0.2) is 34.6 Å². The topological polar surface area (TPSA) is 185 Å². The number of hydrogen-bond donors (Lipinski definition) is 6. The summed E-state index contributed by atoms with van der Waals surface area (Å²) in [5.74, 6) is 2.95. The lowest BCUT2D eigenvalue weighted by atomic mass is 9.77. The summed E-state index contributed by atoms with van der Waals surface area (Å²) < 4.78 is 12.6. The standard InChI is InChI=1S/C45H68N6O6S2/c1-30(52)56-36-14-12-33-24-34(41(55)42-37(33)15-13-32-9-8-11-38(32)57-42)28-51-29-44(27-40(51)54,26-31-16-20-48-39(46)23-31)19-21-49-43(47)50-45(17-5-6-18-45)59-58-22-7-3-2-4-10-35(53)25-36/h16,23-24,32,35-36,38,48,53,55H,2-15,17-22,25-29,46H2,1H3,(H3,47,49,50). The molecule has 7 rings (SSSR count). The first-order valence-electron chi connectivity index (χ1n) is 22.4. The molecule has 4 bridgehead atoms. The molecule has 6 aliphatic rings. The van der Waals surface area contributed by atoms with Gasteiger partial charge in [-0.3, -0.25) is 14.6 Å². The maximum absolute atomic E-state index is 14.2. The van der Waals surface area contributed by atoms with Gasteiger partial charge in [0.25, 0.3) is 0 Å². The van der Waals surface area contributed by atoms with E-state index in [0.29, 0.717) is 93.6 Å². The van der Waals surface area contributed by atoms with Gasteiger partial charge in [-0.1, -0.05) is 59.8 Å². The van der Waals surface area contributed by atoms with Gasteiger partial charge in [0.05, 0.1) is 16.8 Å². The van der Waals surface area contributed by atoms with E-state index < -0.39 is 17.6 Å². The van der Waals surface area contributed by atoms with Crippen LogP contribution in [0.2, 0.25) is 0 Å². The minimum absolute atomic E-state index is 0.0406. The Morgan fingerprint density at radius 2 is 1.86 bits per heavy atom. The van der Waals surface area contributed by atoms with E-state index in [4.69, 9.17) is 25.9 Å². The highest BCUT2D eigenvalue weighted by molar-refractivity contribution is 8.77. The molecule has 8 N–H and O–H groups in total. The third-order valence-electron chi connectivity index (χ3n) is 13.5. The first-order valence-corrected chi connectivity index (χ1v) is 24.8. The number of benzene rings is 1. The number of nitrogens with one attached hydrogen (secondary N) is 2. The maximum Gasteiger partial charge on any atom is 0.302 e. The van der Waals surface area contributed by atoms with E-state index in [-0.39, 0.29) is 35.1 Å². The SMILES string of the molecule is CC(=O)OC1CCc2cc(c(O)c3c2CCC2CCCC2O3)CN2CC(CC3=CCNC(N)=C3)(CCN=C(N)NC3(CCCC3)SSCCCCCCC(O)C1)CC2=O. The molecule has 0 aromatic heterocycles. The van der Waals surface area contributed by atoms with E-state index in [1.807, 2.05) is 32.6 Å². The Hall–Kier alpha value is -3.23. The summed E-state index contributed by atoms with van der Waals surface area (Å²) in [5.41, 5.74) is 16.3. The number of nitrogens with two attached hydrogens (primary N) is 2. The van der Waals surface area contributed by atoms with Crippen molar-refractivity contribution in [1.29, 1.82) is 0 Å². The number of hydrogen-bond acceptors (Lipinski definition) is 13. The van der Waals surface area contributed by atoms with E-state index in [9.17, 15) is 19.8 Å². The number of nitrogens with zero attached hydrogens (tertiary/aromatic N) is 2. The van der Waals surface area contributed by atoms with Gasteiger partial charge in [-0.25, -0.2) is 0 Å². The van der Waals surface area contributed by atoms with Gasteiger partial charge in [-0.2, -0.15) is 0 Å². The maximum atomic E-state index is 14.2. The molecular formula is C45H68N6O6S2. The number of carbonyl (C=O) groups is 2. The van der Waals surface area contributed by atoms with Crippen molar-refractivity contribution in [2.75, 3.05) is 25.4 Å². The molecule has 2 saturated carbocycles. The first kappa shape index (κ1) is 43.8. The number of phenols is 1. The zero-order valence-corrected chi connectivity index (χ0v) is 36.7. The number of aromatic hydroxyl groups is 1. The number of aryl methyl sites for hydroxylation is 1. The van der Waals surface area contributed by atoms with E-state index in [1.165, 1.54) is 6.92 Å². The molecule has 326 valence electrons. The van der Waals surface area contributed by atoms with Crippen LogP contribution < -0.4 is 26.8 Å². The molecule has 5 unspecified atom stereocenters. The Labute approximate surface area is 358 Å². The zero-order chi connectivity index (χ0) is 41.4. The molecule has 2 aliphatic carbocycles. The van der Waals surface area contributed by atoms with E-state index in [0.717, 1.165) is 106 Å². The van der Waals surface area contributed by atoms with Crippen LogP contribution in [-0.2, 0) is 33.7 Å². The van der Waals surface area contributed by atoms with Crippen LogP contribution in [0.4, 0.5) is 0 Å². The van der Waals surface area contributed by atoms with Crippen molar-refractivity contribution in [2.45, 2.75) is 165 Å². The first-order chi connectivity index (χ1) is 28.5. The third-order valence-corrected chi connectivity index (χ3v) is 16.8. The van der Waals surface area contributed by atoms with E-state index in [1.54, 1.807) is 0 Å². The predicted molar refractivity (Wildman–Crippen MR) is 237 cm³/mol. The Balaban J connectivity index is 1.19. The van der Waals surface area contributed by atoms with E-state index >= 15 is 0 Å². The van der Waals surface area contributed by atoms with E-state index in [2.05, 4.69) is 22.8 Å². The molecule has 1 aromatic carbocycles. The van der Waals surface area contributed by atoms with Crippen LogP contribution in [0.1, 0.15) is 139 Å². The molecule has 12 nitrogen and oxygen atoms in total. The second kappa shape index (κ2) is 20.1. The summed E-state index contributed by atoms with van der Waals surface area (Å²) >= 11 is 0. The van der Waals surface area contributed by atoms with Gasteiger partial charge in [-0.15, -0.1) is 0 Å². The number of rotatable bonds is 3. The van der Waals surface area contributed by atoms with Crippen LogP contribution in [0, 0.1) is 11.3 Å². The Morgan fingerprint density at radius 1 is 1.03 bits per heavy atom. The average Bonchev–Trinajstić information content (AvgIpc) is 3.88. The zero-order valence-electron chi connectivity index (χ0n) is 35.1. The summed E-state index contributed by atoms with van der Waals surface area (Å²) in [7, 11) is 3.80. The van der Waals surface area contributed by atoms with Gasteiger partial charge < -0.3 is 46.7 Å². The predicted octanol–water partition coefficient (Wildman–Crippen LogP) is 6.85. The highest BCUT2D eigenvalue weighted by Crippen LogP contribution is 2.48. The number of aliphatic hydroxyl groups excluding tert-OH is 1. The number of aliphatic imine (C=N–C) groups is 1. The molecule has 1 spiro atoms. The fourth-order valence-corrected chi connectivity index (χ4v) is 13.6. The molecule has 4 aliphatic heterocycles. The number of guanidine groups is 1. The molecule has 1 aromatic rings. The number of esters is 1. The van der Waals surface area contributed by atoms with Crippen LogP contribution >= 0.6 is 21.6 Å². The molecule has 14 heteroatoms. The van der Waals surface area contributed by atoms with Crippen molar-refractivity contribution in [2.24, 2.45) is 27.8 Å². The second-order valence-electron chi connectivity index (χ2n) is 18.2. The van der Waals surface area contributed by atoms with Gasteiger partial charge >= 0.3 is 5.97 Å². The number of fused-ring (bicyclic) bond motifs is 7. The number of phenolic OH excluding ortho intramolecular Hbond substituents is 1. The monoisotopic (exact) mass is 852 g/mol. The Morgan fingerprint density at radius 3 is 2.68 bits per heavy atom. The molecule has 3 fully saturated rings. The number of allylic oxidation sites excluding steroid dienone is 2. The van der Waals surface area contributed by atoms with Gasteiger partial charge in [-0.05, 0) is 113 Å². The van der Waals surface area contributed by atoms with Crippen molar-refractivity contribution in [3.63, 3.8) is 0 Å². The van der Waals surface area contributed by atoms with Gasteiger partial charge in [0.15, 0.2) is 17.5 Å². The molecule has 4 heterocycles. The number of ether oxygens (including phenoxy) is 2. The summed E-state index contributed by atoms with van der Waals surface area (Å²) in [4.78, 5) is 33.1. The molecular weight excluding hydrogens is 785 g/mol. The quantitative estimate of drug-likeness (QED) is 0.138. The molecule has 1 saturated heterocycles. The molecule has 5 atom stereocenters. The molecule has 1 amide bonds. The fraction of sp³-hybridized carbons (Fsp3) is 0.711. The van der Waals surface area contributed by atoms with Gasteiger partial charge in [0, 0.05) is 68.2 Å². The highest BCUT2D eigenvalue weighted by atomic mass is 33.1. The smallest absolute Gasteiger partial charge is 0.302 e. The lowest BCUT2D eigenvalue weighted by Crippen LogP contribution is -2.47. The van der Waals surface area contributed by atoms with Gasteiger partial charge in [0.2, 0.25) is 5.91 Å². The minimum Gasteiger partial charge on any atom is -0.504 e. The summed E-state index contributed by atoms with van der Waals surface area (Å²) in [5, 5.41) is 30.0. The summed E-state index contributed by atoms with van der Waals surface area (Å²) in [6, 6.07) is 2.06. The van der Waals surface area contributed by atoms with Gasteiger partial charge in [0.1, 0.15) is 12.2 Å². The third kappa shape index (κ3) is 11.6. The van der Waals surface area contributed by atoms with Crippen LogP contribution in [0.25, 0.3) is 0 Å². The minimum atomic E-state index is -0.563. The Kier molecular flexibility index (Phi) is 14.9. The lowest BCUT2D eigenvalue weighted by Gasteiger charge is -2.31. The van der Waals surface area contributed by atoms with Crippen LogP contribution in [-0.4, -0.2) is 81.5 Å². The number of carbonyl (C=O) groups excluding carboxylic acids is 2. The van der Waals surface area contributed by atoms with Crippen molar-refractivity contribution in [3.05, 3.63) is 46.3 Å². The number of aliphatic hydroxyl groups is 1. The number of amides is 1. The lowest BCUT2D eigenvalue weighted by molar-refractivity contribution is -0.148. The largest absolute Gasteiger partial charge is 0.504 e. The molecule has 59 heavy (non-hydrogen) atoms. The average molecular weight is 853 g/mol. The number of dihydropyridines is 1. The van der Waals surface area contributed by atoms with Crippen molar-refractivity contribution in [3.8, 4) is 11.5 Å². The summed E-state index contributed by atoms with van der Waals surface area (Å²) in [6.07, 6.45) is 20.7. The Bertz CT molecular complexity index is 1750.